The second-order valence-electron chi connectivity index (χ2n) is 5.86. The van der Waals surface area contributed by atoms with Crippen molar-refractivity contribution in [3.05, 3.63) is 58.6 Å². The van der Waals surface area contributed by atoms with Gasteiger partial charge in [0.1, 0.15) is 0 Å². The third-order valence-electron chi connectivity index (χ3n) is 3.97. The Morgan fingerprint density at radius 3 is 2.54 bits per heavy atom. The Morgan fingerprint density at radius 2 is 1.88 bits per heavy atom. The Labute approximate surface area is 159 Å². The molecule has 140 valence electrons. The summed E-state index contributed by atoms with van der Waals surface area (Å²) in [5.74, 6) is -0.277. The van der Waals surface area contributed by atoms with Crippen molar-refractivity contribution >= 4 is 33.2 Å². The lowest BCUT2D eigenvalue weighted by Gasteiger charge is -2.16. The highest BCUT2D eigenvalue weighted by Crippen LogP contribution is 2.22. The Kier molecular flexibility index (Phi) is 6.77. The molecule has 3 N–H and O–H groups in total. The molecule has 0 aliphatic heterocycles. The van der Waals surface area contributed by atoms with E-state index in [0.29, 0.717) is 16.3 Å². The summed E-state index contributed by atoms with van der Waals surface area (Å²) in [4.78, 5) is 12.3. The zero-order valence-electron chi connectivity index (χ0n) is 14.8. The van der Waals surface area contributed by atoms with E-state index in [1.807, 2.05) is 25.1 Å². The Balaban J connectivity index is 2.02. The number of hydrogen-bond acceptors (Lipinski definition) is 4. The van der Waals surface area contributed by atoms with Gasteiger partial charge in [-0.15, -0.1) is 0 Å². The van der Waals surface area contributed by atoms with Crippen LogP contribution in [0.1, 0.15) is 24.1 Å². The number of hydrogen-bond donors (Lipinski definition) is 3. The van der Waals surface area contributed by atoms with Crippen LogP contribution in [0.15, 0.2) is 47.4 Å². The van der Waals surface area contributed by atoms with Crippen molar-refractivity contribution in [3.63, 3.8) is 0 Å². The van der Waals surface area contributed by atoms with Gasteiger partial charge in [0.15, 0.2) is 0 Å². The first kappa shape index (κ1) is 20.4. The van der Waals surface area contributed by atoms with Crippen LogP contribution < -0.4 is 15.4 Å². The minimum atomic E-state index is -3.59. The van der Waals surface area contributed by atoms with Crippen molar-refractivity contribution in [3.8, 4) is 0 Å². The summed E-state index contributed by atoms with van der Waals surface area (Å²) >= 11 is 6.15. The van der Waals surface area contributed by atoms with Crippen LogP contribution in [0.3, 0.4) is 0 Å². The van der Waals surface area contributed by atoms with Crippen LogP contribution in [0, 0.1) is 6.92 Å². The van der Waals surface area contributed by atoms with Crippen LogP contribution >= 0.6 is 11.6 Å². The van der Waals surface area contributed by atoms with E-state index in [1.165, 1.54) is 13.1 Å². The first-order valence-electron chi connectivity index (χ1n) is 8.06. The first-order valence-corrected chi connectivity index (χ1v) is 9.92. The highest BCUT2D eigenvalue weighted by molar-refractivity contribution is 7.89. The third-order valence-corrected chi connectivity index (χ3v) is 5.87. The van der Waals surface area contributed by atoms with Crippen LogP contribution in [-0.4, -0.2) is 27.9 Å². The first-order chi connectivity index (χ1) is 12.2. The monoisotopic (exact) mass is 395 g/mol. The van der Waals surface area contributed by atoms with Crippen LogP contribution in [-0.2, 0) is 14.8 Å². The summed E-state index contributed by atoms with van der Waals surface area (Å²) in [6.45, 7) is 3.68. The van der Waals surface area contributed by atoms with Crippen molar-refractivity contribution < 1.29 is 13.2 Å². The SMILES string of the molecule is CNS(=O)(=O)c1cc(NC(=O)CN[C@H](C)c2ccccc2Cl)ccc1C. The van der Waals surface area contributed by atoms with Gasteiger partial charge in [-0.2, -0.15) is 0 Å². The van der Waals surface area contributed by atoms with Crippen molar-refractivity contribution in [2.75, 3.05) is 18.9 Å². The van der Waals surface area contributed by atoms with E-state index in [4.69, 9.17) is 11.6 Å². The average molecular weight is 396 g/mol. The number of carbonyl (C=O) groups is 1. The maximum Gasteiger partial charge on any atom is 0.240 e. The minimum absolute atomic E-state index is 0.0639. The number of sulfonamides is 1. The quantitative estimate of drug-likeness (QED) is 0.672. The number of anilines is 1. The molecule has 0 spiro atoms. The maximum absolute atomic E-state index is 12.2. The number of halogens is 1. The van der Waals surface area contributed by atoms with Gasteiger partial charge in [-0.3, -0.25) is 4.79 Å². The lowest BCUT2D eigenvalue weighted by Crippen LogP contribution is -2.30. The second-order valence-corrected chi connectivity index (χ2v) is 8.12. The predicted octanol–water partition coefficient (Wildman–Crippen LogP) is 2.85. The van der Waals surface area contributed by atoms with Gasteiger partial charge < -0.3 is 10.6 Å². The number of nitrogens with one attached hydrogen (secondary N) is 3. The lowest BCUT2D eigenvalue weighted by atomic mass is 10.1. The van der Waals surface area contributed by atoms with Gasteiger partial charge in [0.05, 0.1) is 11.4 Å². The van der Waals surface area contributed by atoms with Crippen LogP contribution in [0.2, 0.25) is 5.02 Å². The summed E-state index contributed by atoms with van der Waals surface area (Å²) in [7, 11) is -2.24. The van der Waals surface area contributed by atoms with Crippen molar-refractivity contribution in [1.82, 2.24) is 10.0 Å². The van der Waals surface area contributed by atoms with E-state index in [1.54, 1.807) is 25.1 Å². The van der Waals surface area contributed by atoms with Gasteiger partial charge in [-0.1, -0.05) is 35.9 Å². The van der Waals surface area contributed by atoms with Crippen molar-refractivity contribution in [1.29, 1.82) is 0 Å². The molecule has 0 radical (unpaired) electrons. The standard InChI is InChI=1S/C18H22ClN3O3S/c1-12-8-9-14(10-17(12)26(24,25)20-3)22-18(23)11-21-13(2)15-6-4-5-7-16(15)19/h4-10,13,20-21H,11H2,1-3H3,(H,22,23)/t13-/m1/s1. The Bertz CT molecular complexity index is 900. The molecule has 0 unspecified atom stereocenters. The minimum Gasteiger partial charge on any atom is -0.325 e. The fourth-order valence-electron chi connectivity index (χ4n) is 2.46. The molecular weight excluding hydrogens is 374 g/mol. The molecule has 1 amide bonds. The molecule has 0 aliphatic carbocycles. The Hall–Kier alpha value is -1.93. The number of carbonyl (C=O) groups excluding carboxylic acids is 1. The molecule has 0 heterocycles. The van der Waals surface area contributed by atoms with Gasteiger partial charge in [0.25, 0.3) is 0 Å². The number of aryl methyl sites for hydroxylation is 1. The fraction of sp³-hybridized carbons (Fsp3) is 0.278. The molecule has 0 aliphatic rings. The van der Waals surface area contributed by atoms with E-state index < -0.39 is 10.0 Å². The highest BCUT2D eigenvalue weighted by atomic mass is 35.5. The molecule has 0 saturated heterocycles. The van der Waals surface area contributed by atoms with Crippen LogP contribution in [0.25, 0.3) is 0 Å². The van der Waals surface area contributed by atoms with E-state index in [9.17, 15) is 13.2 Å². The zero-order valence-corrected chi connectivity index (χ0v) is 16.4. The lowest BCUT2D eigenvalue weighted by molar-refractivity contribution is -0.115. The third kappa shape index (κ3) is 5.04. The summed E-state index contributed by atoms with van der Waals surface area (Å²) in [5.41, 5.74) is 1.92. The summed E-state index contributed by atoms with van der Waals surface area (Å²) in [6.07, 6.45) is 0. The van der Waals surface area contributed by atoms with Crippen molar-refractivity contribution in [2.45, 2.75) is 24.8 Å². The van der Waals surface area contributed by atoms with E-state index in [2.05, 4.69) is 15.4 Å². The Morgan fingerprint density at radius 1 is 1.19 bits per heavy atom. The summed E-state index contributed by atoms with van der Waals surface area (Å²) in [5, 5.41) is 6.43. The van der Waals surface area contributed by atoms with Gasteiger partial charge in [0, 0.05) is 16.8 Å². The van der Waals surface area contributed by atoms with Crippen LogP contribution in [0.5, 0.6) is 0 Å². The molecule has 8 heteroatoms. The molecule has 0 fully saturated rings. The average Bonchev–Trinajstić information content (AvgIpc) is 2.61. The van der Waals surface area contributed by atoms with Crippen LogP contribution in [0.4, 0.5) is 5.69 Å². The van der Waals surface area contributed by atoms with Gasteiger partial charge >= 0.3 is 0 Å². The molecule has 0 bridgehead atoms. The number of benzene rings is 2. The van der Waals surface area contributed by atoms with E-state index >= 15 is 0 Å². The van der Waals surface area contributed by atoms with E-state index in [-0.39, 0.29) is 23.4 Å². The molecule has 0 aromatic heterocycles. The van der Waals surface area contributed by atoms with Gasteiger partial charge in [-0.25, -0.2) is 13.1 Å². The topological polar surface area (TPSA) is 87.3 Å². The molecular formula is C18H22ClN3O3S. The van der Waals surface area contributed by atoms with E-state index in [0.717, 1.165) is 5.56 Å². The van der Waals surface area contributed by atoms with Gasteiger partial charge in [0.2, 0.25) is 15.9 Å². The molecule has 6 nitrogen and oxygen atoms in total. The smallest absolute Gasteiger partial charge is 0.240 e. The predicted molar refractivity (Wildman–Crippen MR) is 104 cm³/mol. The molecule has 0 saturated carbocycles. The highest BCUT2D eigenvalue weighted by Gasteiger charge is 2.16. The molecule has 2 aromatic rings. The number of rotatable bonds is 7. The largest absolute Gasteiger partial charge is 0.325 e. The molecule has 2 rings (SSSR count). The molecule has 2 aromatic carbocycles. The normalized spacial score (nSPS) is 12.6. The summed E-state index contributed by atoms with van der Waals surface area (Å²) in [6, 6.07) is 12.1. The van der Waals surface area contributed by atoms with Gasteiger partial charge in [-0.05, 0) is 50.2 Å². The fourth-order valence-corrected chi connectivity index (χ4v) is 3.76. The molecule has 1 atom stereocenters. The second kappa shape index (κ2) is 8.64. The zero-order chi connectivity index (χ0) is 19.3. The molecule has 26 heavy (non-hydrogen) atoms. The number of amides is 1. The van der Waals surface area contributed by atoms with Crippen molar-refractivity contribution in [2.24, 2.45) is 0 Å². The summed E-state index contributed by atoms with van der Waals surface area (Å²) < 4.78 is 26.3. The maximum atomic E-state index is 12.2.